The fourth-order valence-electron chi connectivity index (χ4n) is 1.40. The molecule has 0 aliphatic carbocycles. The van der Waals surface area contributed by atoms with Crippen LogP contribution in [0.25, 0.3) is 0 Å². The number of ether oxygens (including phenoxy) is 1. The maximum absolute atomic E-state index is 11.1. The highest BCUT2D eigenvalue weighted by Gasteiger charge is 2.20. The molecule has 1 N–H and O–H groups in total. The van der Waals surface area contributed by atoms with Crippen molar-refractivity contribution in [3.05, 3.63) is 47.5 Å². The van der Waals surface area contributed by atoms with Crippen LogP contribution in [0.2, 0.25) is 0 Å². The van der Waals surface area contributed by atoms with Gasteiger partial charge in [-0.05, 0) is 5.56 Å². The van der Waals surface area contributed by atoms with Gasteiger partial charge in [-0.1, -0.05) is 41.7 Å². The van der Waals surface area contributed by atoms with Crippen LogP contribution in [0, 0.1) is 0 Å². The maximum Gasteiger partial charge on any atom is 0.345 e. The Kier molecular flexibility index (Phi) is 3.72. The Balaban J connectivity index is 2.06. The molecule has 1 aromatic carbocycles. The first kappa shape index (κ1) is 11.6. The van der Waals surface area contributed by atoms with Gasteiger partial charge in [0.15, 0.2) is 0 Å². The second-order valence-corrected chi connectivity index (χ2v) is 4.29. The molecule has 5 heteroatoms. The van der Waals surface area contributed by atoms with Crippen molar-refractivity contribution < 1.29 is 14.6 Å². The van der Waals surface area contributed by atoms with E-state index in [1.54, 1.807) is 11.6 Å². The van der Waals surface area contributed by atoms with E-state index >= 15 is 0 Å². The average Bonchev–Trinajstić information content (AvgIpc) is 2.82. The van der Waals surface area contributed by atoms with Gasteiger partial charge < -0.3 is 9.84 Å². The summed E-state index contributed by atoms with van der Waals surface area (Å²) in [6, 6.07) is 9.39. The molecular weight excluding hydrogens is 238 g/mol. The van der Waals surface area contributed by atoms with Gasteiger partial charge in [-0.15, -0.1) is 0 Å². The lowest BCUT2D eigenvalue weighted by Crippen LogP contribution is -2.29. The molecule has 2 rings (SSSR count). The summed E-state index contributed by atoms with van der Waals surface area (Å²) in [5.74, 6) is -0.982. The van der Waals surface area contributed by atoms with Gasteiger partial charge >= 0.3 is 5.97 Å². The number of hydrogen-bond acceptors (Lipinski definition) is 4. The van der Waals surface area contributed by atoms with Crippen molar-refractivity contribution in [2.24, 2.45) is 0 Å². The van der Waals surface area contributed by atoms with E-state index in [1.807, 2.05) is 30.3 Å². The minimum Gasteiger partial charge on any atom is -0.478 e. The Morgan fingerprint density at radius 1 is 1.41 bits per heavy atom. The molecule has 4 nitrogen and oxygen atoms in total. The number of rotatable bonds is 5. The van der Waals surface area contributed by atoms with Crippen LogP contribution in [-0.4, -0.2) is 22.2 Å². The SMILES string of the molecule is O=C(O)C(Cc1ccccc1)Oc1nccs1. The van der Waals surface area contributed by atoms with Crippen LogP contribution < -0.4 is 4.74 Å². The molecule has 0 amide bonds. The monoisotopic (exact) mass is 249 g/mol. The lowest BCUT2D eigenvalue weighted by atomic mass is 10.1. The van der Waals surface area contributed by atoms with Gasteiger partial charge in [0.1, 0.15) is 0 Å². The van der Waals surface area contributed by atoms with Crippen molar-refractivity contribution in [1.82, 2.24) is 4.98 Å². The number of aliphatic carboxylic acids is 1. The molecule has 1 heterocycles. The van der Waals surface area contributed by atoms with Crippen molar-refractivity contribution in [3.8, 4) is 5.19 Å². The highest BCUT2D eigenvalue weighted by molar-refractivity contribution is 7.11. The predicted octanol–water partition coefficient (Wildman–Crippen LogP) is 2.22. The highest BCUT2D eigenvalue weighted by atomic mass is 32.1. The van der Waals surface area contributed by atoms with Gasteiger partial charge in [0.25, 0.3) is 5.19 Å². The Bertz CT molecular complexity index is 470. The zero-order valence-corrected chi connectivity index (χ0v) is 9.76. The molecule has 0 fully saturated rings. The summed E-state index contributed by atoms with van der Waals surface area (Å²) in [4.78, 5) is 15.0. The van der Waals surface area contributed by atoms with E-state index in [2.05, 4.69) is 4.98 Å². The van der Waals surface area contributed by atoms with E-state index in [4.69, 9.17) is 9.84 Å². The van der Waals surface area contributed by atoms with E-state index in [-0.39, 0.29) is 0 Å². The van der Waals surface area contributed by atoms with E-state index in [0.717, 1.165) is 5.56 Å². The normalized spacial score (nSPS) is 12.0. The quantitative estimate of drug-likeness (QED) is 0.882. The average molecular weight is 249 g/mol. The third-order valence-corrected chi connectivity index (χ3v) is 2.85. The largest absolute Gasteiger partial charge is 0.478 e. The summed E-state index contributed by atoms with van der Waals surface area (Å²) in [6.07, 6.45) is 1.01. The zero-order valence-electron chi connectivity index (χ0n) is 8.95. The van der Waals surface area contributed by atoms with Crippen molar-refractivity contribution >= 4 is 17.3 Å². The minimum absolute atomic E-state index is 0.329. The third kappa shape index (κ3) is 3.29. The van der Waals surface area contributed by atoms with Gasteiger partial charge in [-0.2, -0.15) is 0 Å². The molecule has 0 saturated carbocycles. The number of carboxylic acids is 1. The van der Waals surface area contributed by atoms with Crippen LogP contribution in [0.15, 0.2) is 41.9 Å². The van der Waals surface area contributed by atoms with Crippen LogP contribution in [0.4, 0.5) is 0 Å². The van der Waals surface area contributed by atoms with E-state index < -0.39 is 12.1 Å². The summed E-state index contributed by atoms with van der Waals surface area (Å²) < 4.78 is 5.33. The van der Waals surface area contributed by atoms with Gasteiger partial charge in [0.05, 0.1) is 0 Å². The summed E-state index contributed by atoms with van der Waals surface area (Å²) in [7, 11) is 0. The molecule has 1 unspecified atom stereocenters. The molecule has 0 spiro atoms. The molecule has 0 aliphatic heterocycles. The van der Waals surface area contributed by atoms with E-state index in [9.17, 15) is 4.79 Å². The topological polar surface area (TPSA) is 59.4 Å². The van der Waals surface area contributed by atoms with Crippen LogP contribution in [-0.2, 0) is 11.2 Å². The lowest BCUT2D eigenvalue weighted by Gasteiger charge is -2.12. The van der Waals surface area contributed by atoms with Gasteiger partial charge in [-0.25, -0.2) is 9.78 Å². The fourth-order valence-corrected chi connectivity index (χ4v) is 1.93. The van der Waals surface area contributed by atoms with Crippen molar-refractivity contribution in [2.45, 2.75) is 12.5 Å². The molecular formula is C12H11NO3S. The lowest BCUT2D eigenvalue weighted by molar-refractivity contribution is -0.145. The van der Waals surface area contributed by atoms with Crippen LogP contribution in [0.5, 0.6) is 5.19 Å². The van der Waals surface area contributed by atoms with Crippen molar-refractivity contribution in [2.75, 3.05) is 0 Å². The number of benzene rings is 1. The van der Waals surface area contributed by atoms with E-state index in [0.29, 0.717) is 11.6 Å². The number of thiazole rings is 1. The maximum atomic E-state index is 11.1. The van der Waals surface area contributed by atoms with Crippen LogP contribution in [0.1, 0.15) is 5.56 Å². The van der Waals surface area contributed by atoms with Gasteiger partial charge in [0.2, 0.25) is 6.10 Å². The summed E-state index contributed by atoms with van der Waals surface area (Å²) in [5.41, 5.74) is 0.927. The van der Waals surface area contributed by atoms with Crippen LogP contribution in [0.3, 0.4) is 0 Å². The van der Waals surface area contributed by atoms with Crippen molar-refractivity contribution in [3.63, 3.8) is 0 Å². The molecule has 0 radical (unpaired) electrons. The second kappa shape index (κ2) is 5.45. The molecule has 1 aromatic heterocycles. The number of carboxylic acid groups (broad SMARTS) is 1. The first-order valence-corrected chi connectivity index (χ1v) is 5.96. The molecule has 1 atom stereocenters. The standard InChI is InChI=1S/C12H11NO3S/c14-11(15)10(16-12-13-6-7-17-12)8-9-4-2-1-3-5-9/h1-7,10H,8H2,(H,14,15). The highest BCUT2D eigenvalue weighted by Crippen LogP contribution is 2.17. The summed E-state index contributed by atoms with van der Waals surface area (Å²) in [6.45, 7) is 0. The molecule has 17 heavy (non-hydrogen) atoms. The number of aromatic nitrogens is 1. The van der Waals surface area contributed by atoms with Crippen molar-refractivity contribution in [1.29, 1.82) is 0 Å². The van der Waals surface area contributed by atoms with Gasteiger partial charge in [0, 0.05) is 18.0 Å². The third-order valence-electron chi connectivity index (χ3n) is 2.19. The summed E-state index contributed by atoms with van der Waals surface area (Å²) in [5, 5.41) is 11.2. The number of carbonyl (C=O) groups is 1. The predicted molar refractivity (Wildman–Crippen MR) is 64.3 cm³/mol. The second-order valence-electron chi connectivity index (χ2n) is 3.43. The first-order chi connectivity index (χ1) is 8.25. The molecule has 2 aromatic rings. The molecule has 88 valence electrons. The Labute approximate surface area is 103 Å². The Morgan fingerprint density at radius 3 is 2.76 bits per heavy atom. The first-order valence-electron chi connectivity index (χ1n) is 5.08. The smallest absolute Gasteiger partial charge is 0.345 e. The van der Waals surface area contributed by atoms with E-state index in [1.165, 1.54) is 11.3 Å². The summed E-state index contributed by atoms with van der Waals surface area (Å²) >= 11 is 1.28. The molecule has 0 aliphatic rings. The number of hydrogen-bond donors (Lipinski definition) is 1. The molecule has 0 bridgehead atoms. The van der Waals surface area contributed by atoms with Gasteiger partial charge in [-0.3, -0.25) is 0 Å². The minimum atomic E-state index is -0.982. The number of nitrogens with zero attached hydrogens (tertiary/aromatic N) is 1. The molecule has 0 saturated heterocycles. The fraction of sp³-hybridized carbons (Fsp3) is 0.167. The zero-order chi connectivity index (χ0) is 12.1. The Hall–Kier alpha value is -1.88. The Morgan fingerprint density at radius 2 is 2.18 bits per heavy atom. The van der Waals surface area contributed by atoms with Crippen LogP contribution >= 0.6 is 11.3 Å².